The monoisotopic (exact) mass is 200 g/mol. The maximum Gasteiger partial charge on any atom is 0.290 e. The van der Waals surface area contributed by atoms with Crippen LogP contribution in [0.15, 0.2) is 0 Å². The van der Waals surface area contributed by atoms with E-state index in [1.54, 1.807) is 20.8 Å². The number of hydrogen-bond acceptors (Lipinski definition) is 3. The molecule has 0 aromatic carbocycles. The third-order valence-electron chi connectivity index (χ3n) is 1.94. The second-order valence-electron chi connectivity index (χ2n) is 4.25. The van der Waals surface area contributed by atoms with E-state index in [1.165, 1.54) is 4.90 Å². The lowest BCUT2D eigenvalue weighted by atomic mass is 9.90. The van der Waals surface area contributed by atoms with Gasteiger partial charge in [-0.3, -0.25) is 9.59 Å². The van der Waals surface area contributed by atoms with Crippen LogP contribution in [0, 0.1) is 5.41 Å². The minimum absolute atomic E-state index is 0.354. The molecule has 0 saturated carbocycles. The highest BCUT2D eigenvalue weighted by Gasteiger charge is 2.30. The number of amides is 1. The second-order valence-corrected chi connectivity index (χ2v) is 4.25. The summed E-state index contributed by atoms with van der Waals surface area (Å²) in [7, 11) is 0. The largest absolute Gasteiger partial charge is 0.335 e. The van der Waals surface area contributed by atoms with Gasteiger partial charge in [-0.2, -0.15) is 0 Å². The van der Waals surface area contributed by atoms with Crippen molar-refractivity contribution in [2.75, 3.05) is 19.6 Å². The molecule has 0 fully saturated rings. The van der Waals surface area contributed by atoms with Gasteiger partial charge in [0.2, 0.25) is 5.78 Å². The fraction of sp³-hybridized carbons (Fsp3) is 0.800. The van der Waals surface area contributed by atoms with E-state index in [4.69, 9.17) is 5.73 Å². The highest BCUT2D eigenvalue weighted by atomic mass is 16.2. The van der Waals surface area contributed by atoms with E-state index in [1.807, 2.05) is 6.92 Å². The molecule has 0 atom stereocenters. The molecule has 0 bridgehead atoms. The summed E-state index contributed by atoms with van der Waals surface area (Å²) in [5.41, 5.74) is 4.73. The lowest BCUT2D eigenvalue weighted by molar-refractivity contribution is -0.148. The number of hydrogen-bond donors (Lipinski definition) is 1. The standard InChI is InChI=1S/C10H20N2O2/c1-5-12(7-6-11)9(14)8(13)10(2,3)4/h5-7,11H2,1-4H3. The average molecular weight is 200 g/mol. The zero-order chi connectivity index (χ0) is 11.4. The number of nitrogens with zero attached hydrogens (tertiary/aromatic N) is 1. The summed E-state index contributed by atoms with van der Waals surface area (Å²) in [5.74, 6) is -0.779. The molecule has 1 amide bonds. The van der Waals surface area contributed by atoms with Gasteiger partial charge >= 0.3 is 0 Å². The Hall–Kier alpha value is -0.900. The molecule has 0 spiro atoms. The summed E-state index contributed by atoms with van der Waals surface area (Å²) in [4.78, 5) is 24.7. The van der Waals surface area contributed by atoms with Crippen LogP contribution >= 0.6 is 0 Å². The normalized spacial score (nSPS) is 11.2. The molecule has 0 aromatic rings. The first-order valence-electron chi connectivity index (χ1n) is 4.88. The van der Waals surface area contributed by atoms with Crippen LogP contribution in [0.5, 0.6) is 0 Å². The molecule has 14 heavy (non-hydrogen) atoms. The molecule has 2 N–H and O–H groups in total. The van der Waals surface area contributed by atoms with Crippen molar-refractivity contribution in [1.29, 1.82) is 0 Å². The Labute approximate surface area is 85.4 Å². The van der Waals surface area contributed by atoms with Gasteiger partial charge in [-0.1, -0.05) is 20.8 Å². The van der Waals surface area contributed by atoms with E-state index >= 15 is 0 Å². The molecule has 0 aliphatic rings. The van der Waals surface area contributed by atoms with Crippen LogP contribution in [0.3, 0.4) is 0 Å². The van der Waals surface area contributed by atoms with E-state index in [0.717, 1.165) is 0 Å². The molecule has 4 nitrogen and oxygen atoms in total. The number of nitrogens with two attached hydrogens (primary N) is 1. The number of Topliss-reactive ketones (excluding diaryl/α,β-unsaturated/α-hetero) is 1. The van der Waals surface area contributed by atoms with Gasteiger partial charge in [0, 0.05) is 25.0 Å². The number of likely N-dealkylation sites (N-methyl/N-ethyl adjacent to an activating group) is 1. The van der Waals surface area contributed by atoms with Gasteiger partial charge in [-0.15, -0.1) is 0 Å². The number of rotatable bonds is 4. The summed E-state index contributed by atoms with van der Waals surface area (Å²) in [6, 6.07) is 0. The summed E-state index contributed by atoms with van der Waals surface area (Å²) in [6.07, 6.45) is 0. The van der Waals surface area contributed by atoms with Crippen LogP contribution in [-0.4, -0.2) is 36.2 Å². The van der Waals surface area contributed by atoms with Crippen molar-refractivity contribution < 1.29 is 9.59 Å². The summed E-state index contributed by atoms with van der Waals surface area (Å²) in [5, 5.41) is 0. The Morgan fingerprint density at radius 1 is 1.29 bits per heavy atom. The van der Waals surface area contributed by atoms with Gasteiger partial charge < -0.3 is 10.6 Å². The molecule has 0 rings (SSSR count). The summed E-state index contributed by atoms with van der Waals surface area (Å²) >= 11 is 0. The topological polar surface area (TPSA) is 63.4 Å². The van der Waals surface area contributed by atoms with Gasteiger partial charge in [0.1, 0.15) is 0 Å². The van der Waals surface area contributed by atoms with Crippen molar-refractivity contribution in [1.82, 2.24) is 4.90 Å². The van der Waals surface area contributed by atoms with Gasteiger partial charge in [-0.05, 0) is 6.92 Å². The first-order valence-corrected chi connectivity index (χ1v) is 4.88. The fourth-order valence-corrected chi connectivity index (χ4v) is 1.02. The van der Waals surface area contributed by atoms with Gasteiger partial charge in [0.05, 0.1) is 0 Å². The van der Waals surface area contributed by atoms with Crippen LogP contribution < -0.4 is 5.73 Å². The predicted molar refractivity (Wildman–Crippen MR) is 55.8 cm³/mol. The Bertz CT molecular complexity index is 219. The smallest absolute Gasteiger partial charge is 0.290 e. The summed E-state index contributed by atoms with van der Waals surface area (Å²) < 4.78 is 0. The predicted octanol–water partition coefficient (Wildman–Crippen LogP) is 0.409. The van der Waals surface area contributed by atoms with Crippen molar-refractivity contribution in [2.45, 2.75) is 27.7 Å². The maximum absolute atomic E-state index is 11.6. The van der Waals surface area contributed by atoms with Crippen LogP contribution in [0.4, 0.5) is 0 Å². The molecular weight excluding hydrogens is 180 g/mol. The molecule has 4 heteroatoms. The van der Waals surface area contributed by atoms with Gasteiger partial charge in [0.15, 0.2) is 0 Å². The quantitative estimate of drug-likeness (QED) is 0.668. The second kappa shape index (κ2) is 5.10. The first kappa shape index (κ1) is 13.1. The minimum Gasteiger partial charge on any atom is -0.335 e. The van der Waals surface area contributed by atoms with E-state index in [0.29, 0.717) is 19.6 Å². The molecule has 0 radical (unpaired) electrons. The van der Waals surface area contributed by atoms with Gasteiger partial charge in [-0.25, -0.2) is 0 Å². The maximum atomic E-state index is 11.6. The van der Waals surface area contributed by atoms with E-state index in [2.05, 4.69) is 0 Å². The minimum atomic E-state index is -0.612. The van der Waals surface area contributed by atoms with Crippen molar-refractivity contribution >= 4 is 11.7 Å². The lowest BCUT2D eigenvalue weighted by Crippen LogP contribution is -2.43. The lowest BCUT2D eigenvalue weighted by Gasteiger charge is -2.23. The molecule has 82 valence electrons. The molecular formula is C10H20N2O2. The number of carbonyl (C=O) groups excluding carboxylic acids is 2. The van der Waals surface area contributed by atoms with Crippen molar-refractivity contribution in [3.8, 4) is 0 Å². The molecule has 0 aliphatic carbocycles. The van der Waals surface area contributed by atoms with Crippen LogP contribution in [-0.2, 0) is 9.59 Å². The van der Waals surface area contributed by atoms with E-state index < -0.39 is 11.3 Å². The highest BCUT2D eigenvalue weighted by molar-refractivity contribution is 6.37. The fourth-order valence-electron chi connectivity index (χ4n) is 1.02. The van der Waals surface area contributed by atoms with Crippen LogP contribution in [0.25, 0.3) is 0 Å². The van der Waals surface area contributed by atoms with Crippen LogP contribution in [0.1, 0.15) is 27.7 Å². The van der Waals surface area contributed by atoms with Crippen molar-refractivity contribution in [2.24, 2.45) is 11.1 Å². The van der Waals surface area contributed by atoms with Gasteiger partial charge in [0.25, 0.3) is 5.91 Å². The number of carbonyl (C=O) groups is 2. The molecule has 0 saturated heterocycles. The van der Waals surface area contributed by atoms with Crippen molar-refractivity contribution in [3.05, 3.63) is 0 Å². The molecule has 0 unspecified atom stereocenters. The van der Waals surface area contributed by atoms with Crippen molar-refractivity contribution in [3.63, 3.8) is 0 Å². The third-order valence-corrected chi connectivity index (χ3v) is 1.94. The third kappa shape index (κ3) is 3.46. The SMILES string of the molecule is CCN(CCN)C(=O)C(=O)C(C)(C)C. The first-order chi connectivity index (χ1) is 6.34. The number of ketones is 1. The molecule has 0 heterocycles. The zero-order valence-corrected chi connectivity index (χ0v) is 9.46. The highest BCUT2D eigenvalue weighted by Crippen LogP contribution is 2.15. The Kier molecular flexibility index (Phi) is 4.77. The van der Waals surface area contributed by atoms with Crippen LogP contribution in [0.2, 0.25) is 0 Å². The molecule has 0 aromatic heterocycles. The van der Waals surface area contributed by atoms with E-state index in [-0.39, 0.29) is 5.78 Å². The zero-order valence-electron chi connectivity index (χ0n) is 9.46. The Balaban J connectivity index is 4.51. The molecule has 0 aliphatic heterocycles. The van der Waals surface area contributed by atoms with E-state index in [9.17, 15) is 9.59 Å². The Morgan fingerprint density at radius 3 is 2.07 bits per heavy atom. The average Bonchev–Trinajstić information content (AvgIpc) is 2.10. The summed E-state index contributed by atoms with van der Waals surface area (Å²) in [6.45, 7) is 8.41. The Morgan fingerprint density at radius 2 is 1.79 bits per heavy atom.